The van der Waals surface area contributed by atoms with E-state index in [-0.39, 0.29) is 12.0 Å². The summed E-state index contributed by atoms with van der Waals surface area (Å²) in [5.41, 5.74) is 0.795. The lowest BCUT2D eigenvalue weighted by Gasteiger charge is -2.34. The summed E-state index contributed by atoms with van der Waals surface area (Å²) in [4.78, 5) is 14.6. The Hall–Kier alpha value is -1.89. The first kappa shape index (κ1) is 15.0. The SMILES string of the molecule is CCn1cnnc1[C@H]1CN(C(=O)C2=C(C)OCCC2)CCO1. The van der Waals surface area contributed by atoms with Gasteiger partial charge in [-0.15, -0.1) is 10.2 Å². The lowest BCUT2D eigenvalue weighted by molar-refractivity contribution is -0.136. The molecule has 1 amide bonds. The Bertz CT molecular complexity index is 581. The second kappa shape index (κ2) is 6.48. The van der Waals surface area contributed by atoms with E-state index in [2.05, 4.69) is 10.2 Å². The third-order valence-electron chi connectivity index (χ3n) is 4.20. The van der Waals surface area contributed by atoms with Crippen LogP contribution in [0.4, 0.5) is 0 Å². The number of hydrogen-bond donors (Lipinski definition) is 0. The zero-order valence-electron chi connectivity index (χ0n) is 13.1. The molecule has 2 aliphatic rings. The Kier molecular flexibility index (Phi) is 4.42. The van der Waals surface area contributed by atoms with Crippen LogP contribution in [0.25, 0.3) is 0 Å². The molecule has 7 nitrogen and oxygen atoms in total. The zero-order valence-corrected chi connectivity index (χ0v) is 13.1. The predicted molar refractivity (Wildman–Crippen MR) is 78.9 cm³/mol. The molecule has 3 rings (SSSR count). The molecule has 1 fully saturated rings. The Morgan fingerprint density at radius 1 is 1.45 bits per heavy atom. The molecule has 7 heteroatoms. The van der Waals surface area contributed by atoms with Crippen LogP contribution in [-0.4, -0.2) is 51.9 Å². The number of ether oxygens (including phenoxy) is 2. The van der Waals surface area contributed by atoms with Gasteiger partial charge in [-0.1, -0.05) is 0 Å². The molecule has 0 bridgehead atoms. The van der Waals surface area contributed by atoms with Gasteiger partial charge < -0.3 is 18.9 Å². The Morgan fingerprint density at radius 2 is 2.32 bits per heavy atom. The highest BCUT2D eigenvalue weighted by Crippen LogP contribution is 2.25. The van der Waals surface area contributed by atoms with E-state index in [1.807, 2.05) is 23.3 Å². The van der Waals surface area contributed by atoms with Crippen molar-refractivity contribution in [2.45, 2.75) is 39.3 Å². The standard InChI is InChI=1S/C15H22N4O3/c1-3-18-10-16-17-14(18)13-9-19(6-8-22-13)15(20)12-5-4-7-21-11(12)2/h10,13H,3-9H2,1-2H3/t13-/m1/s1. The van der Waals surface area contributed by atoms with Crippen LogP contribution >= 0.6 is 0 Å². The summed E-state index contributed by atoms with van der Waals surface area (Å²) >= 11 is 0. The lowest BCUT2D eigenvalue weighted by atomic mass is 10.1. The minimum Gasteiger partial charge on any atom is -0.498 e. The molecule has 2 aliphatic heterocycles. The van der Waals surface area contributed by atoms with Crippen molar-refractivity contribution < 1.29 is 14.3 Å². The molecule has 22 heavy (non-hydrogen) atoms. The molecule has 0 N–H and O–H groups in total. The molecule has 1 aromatic heterocycles. The van der Waals surface area contributed by atoms with E-state index in [9.17, 15) is 4.79 Å². The van der Waals surface area contributed by atoms with Gasteiger partial charge in [0.1, 0.15) is 18.2 Å². The van der Waals surface area contributed by atoms with Crippen molar-refractivity contribution in [3.63, 3.8) is 0 Å². The summed E-state index contributed by atoms with van der Waals surface area (Å²) < 4.78 is 13.3. The maximum Gasteiger partial charge on any atom is 0.253 e. The topological polar surface area (TPSA) is 69.5 Å². The normalized spacial score (nSPS) is 22.6. The Labute approximate surface area is 129 Å². The largest absolute Gasteiger partial charge is 0.498 e. The van der Waals surface area contributed by atoms with Gasteiger partial charge in [-0.2, -0.15) is 0 Å². The number of aryl methyl sites for hydroxylation is 1. The van der Waals surface area contributed by atoms with Crippen molar-refractivity contribution in [1.82, 2.24) is 19.7 Å². The van der Waals surface area contributed by atoms with Crippen LogP contribution in [0.5, 0.6) is 0 Å². The minimum absolute atomic E-state index is 0.0630. The van der Waals surface area contributed by atoms with Crippen LogP contribution in [0, 0.1) is 0 Å². The number of aromatic nitrogens is 3. The average Bonchev–Trinajstić information content (AvgIpc) is 3.03. The number of amides is 1. The summed E-state index contributed by atoms with van der Waals surface area (Å²) in [6.07, 6.45) is 3.17. The second-order valence-corrected chi connectivity index (χ2v) is 5.57. The summed E-state index contributed by atoms with van der Waals surface area (Å²) in [5, 5.41) is 8.09. The summed E-state index contributed by atoms with van der Waals surface area (Å²) in [7, 11) is 0. The number of hydrogen-bond acceptors (Lipinski definition) is 5. The van der Waals surface area contributed by atoms with Gasteiger partial charge in [-0.05, 0) is 26.7 Å². The first-order valence-electron chi connectivity index (χ1n) is 7.81. The van der Waals surface area contributed by atoms with E-state index in [1.165, 1.54) is 0 Å². The summed E-state index contributed by atoms with van der Waals surface area (Å²) in [6, 6.07) is 0. The van der Waals surface area contributed by atoms with Crippen molar-refractivity contribution in [3.8, 4) is 0 Å². The van der Waals surface area contributed by atoms with Gasteiger partial charge in [0.2, 0.25) is 0 Å². The van der Waals surface area contributed by atoms with Crippen LogP contribution < -0.4 is 0 Å². The van der Waals surface area contributed by atoms with E-state index in [0.29, 0.717) is 26.3 Å². The molecule has 3 heterocycles. The van der Waals surface area contributed by atoms with Crippen molar-refractivity contribution in [2.75, 3.05) is 26.3 Å². The second-order valence-electron chi connectivity index (χ2n) is 5.57. The van der Waals surface area contributed by atoms with Gasteiger partial charge in [0, 0.05) is 13.1 Å². The molecule has 0 radical (unpaired) electrons. The van der Waals surface area contributed by atoms with Crippen molar-refractivity contribution in [3.05, 3.63) is 23.5 Å². The number of carbonyl (C=O) groups is 1. The van der Waals surface area contributed by atoms with E-state index < -0.39 is 0 Å². The van der Waals surface area contributed by atoms with Crippen LogP contribution in [-0.2, 0) is 20.8 Å². The number of morpholine rings is 1. The van der Waals surface area contributed by atoms with Crippen molar-refractivity contribution in [2.24, 2.45) is 0 Å². The molecule has 1 aromatic rings. The molecule has 120 valence electrons. The van der Waals surface area contributed by atoms with Crippen molar-refractivity contribution in [1.29, 1.82) is 0 Å². The molecular formula is C15H22N4O3. The van der Waals surface area contributed by atoms with E-state index in [1.54, 1.807) is 6.33 Å². The van der Waals surface area contributed by atoms with Gasteiger partial charge in [0.05, 0.1) is 25.3 Å². The molecule has 0 aliphatic carbocycles. The third kappa shape index (κ3) is 2.85. The molecule has 1 saturated heterocycles. The number of carbonyl (C=O) groups excluding carboxylic acids is 1. The highest BCUT2D eigenvalue weighted by Gasteiger charge is 2.31. The highest BCUT2D eigenvalue weighted by atomic mass is 16.5. The first-order chi connectivity index (χ1) is 10.7. The molecule has 0 saturated carbocycles. The minimum atomic E-state index is -0.217. The van der Waals surface area contributed by atoms with E-state index in [4.69, 9.17) is 9.47 Å². The predicted octanol–water partition coefficient (Wildman–Crippen LogP) is 1.28. The Morgan fingerprint density at radius 3 is 3.09 bits per heavy atom. The van der Waals surface area contributed by atoms with Gasteiger partial charge in [0.15, 0.2) is 5.82 Å². The van der Waals surface area contributed by atoms with Crippen LogP contribution in [0.15, 0.2) is 17.7 Å². The van der Waals surface area contributed by atoms with Gasteiger partial charge >= 0.3 is 0 Å². The smallest absolute Gasteiger partial charge is 0.253 e. The quantitative estimate of drug-likeness (QED) is 0.841. The first-order valence-corrected chi connectivity index (χ1v) is 7.81. The number of rotatable bonds is 3. The Balaban J connectivity index is 1.74. The lowest BCUT2D eigenvalue weighted by Crippen LogP contribution is -2.44. The van der Waals surface area contributed by atoms with Crippen LogP contribution in [0.3, 0.4) is 0 Å². The van der Waals surface area contributed by atoms with Gasteiger partial charge in [0.25, 0.3) is 5.91 Å². The monoisotopic (exact) mass is 306 g/mol. The average molecular weight is 306 g/mol. The molecular weight excluding hydrogens is 284 g/mol. The maximum atomic E-state index is 12.7. The molecule has 1 atom stereocenters. The summed E-state index contributed by atoms with van der Waals surface area (Å²) in [6.45, 7) is 7.02. The van der Waals surface area contributed by atoms with E-state index in [0.717, 1.165) is 36.5 Å². The van der Waals surface area contributed by atoms with Gasteiger partial charge in [-0.25, -0.2) is 0 Å². The fourth-order valence-corrected chi connectivity index (χ4v) is 2.93. The molecule has 0 unspecified atom stereocenters. The molecule has 0 spiro atoms. The highest BCUT2D eigenvalue weighted by molar-refractivity contribution is 5.94. The fourth-order valence-electron chi connectivity index (χ4n) is 2.93. The molecule has 0 aromatic carbocycles. The summed E-state index contributed by atoms with van der Waals surface area (Å²) in [5.74, 6) is 1.61. The third-order valence-corrected chi connectivity index (χ3v) is 4.20. The fraction of sp³-hybridized carbons (Fsp3) is 0.667. The van der Waals surface area contributed by atoms with E-state index >= 15 is 0 Å². The maximum absolute atomic E-state index is 12.7. The van der Waals surface area contributed by atoms with Crippen LogP contribution in [0.1, 0.15) is 38.6 Å². The number of allylic oxidation sites excluding steroid dienone is 1. The van der Waals surface area contributed by atoms with Crippen LogP contribution in [0.2, 0.25) is 0 Å². The zero-order chi connectivity index (χ0) is 15.5. The van der Waals surface area contributed by atoms with Gasteiger partial charge in [-0.3, -0.25) is 4.79 Å². The van der Waals surface area contributed by atoms with Crippen molar-refractivity contribution >= 4 is 5.91 Å². The number of nitrogens with zero attached hydrogens (tertiary/aromatic N) is 4.